The Morgan fingerprint density at radius 2 is 2.15 bits per heavy atom. The second-order valence-corrected chi connectivity index (χ2v) is 9.12. The van der Waals surface area contributed by atoms with E-state index in [1.54, 1.807) is 0 Å². The van der Waals surface area contributed by atoms with Crippen molar-refractivity contribution in [2.45, 2.75) is 83.0 Å². The summed E-state index contributed by atoms with van der Waals surface area (Å²) in [5, 5.41) is 22.6. The summed E-state index contributed by atoms with van der Waals surface area (Å²) in [6.07, 6.45) is 8.97. The minimum Gasteiger partial charge on any atom is -0.383 e. The van der Waals surface area contributed by atoms with Crippen molar-refractivity contribution in [1.29, 1.82) is 0 Å². The molecule has 3 aliphatic heterocycles. The molecule has 0 aromatic carbocycles. The molecule has 4 aliphatic rings. The van der Waals surface area contributed by atoms with E-state index in [9.17, 15) is 9.90 Å². The van der Waals surface area contributed by atoms with Crippen molar-refractivity contribution in [1.82, 2.24) is 25.2 Å². The molecule has 7 heteroatoms. The third-order valence-corrected chi connectivity index (χ3v) is 6.74. The fraction of sp³-hybridized carbons (Fsp3) is 0.850. The van der Waals surface area contributed by atoms with Crippen LogP contribution in [0.2, 0.25) is 0 Å². The van der Waals surface area contributed by atoms with Crippen LogP contribution in [0.15, 0.2) is 6.20 Å². The van der Waals surface area contributed by atoms with Gasteiger partial charge in [-0.15, -0.1) is 5.10 Å². The molecule has 2 N–H and O–H groups in total. The zero-order valence-electron chi connectivity index (χ0n) is 16.6. The third kappa shape index (κ3) is 3.90. The molecule has 0 spiro atoms. The van der Waals surface area contributed by atoms with Crippen molar-refractivity contribution in [2.24, 2.45) is 11.8 Å². The molecule has 5 rings (SSSR count). The molecule has 4 atom stereocenters. The number of carbonyl (C=O) groups excluding carboxylic acids is 1. The predicted molar refractivity (Wildman–Crippen MR) is 102 cm³/mol. The molecule has 150 valence electrons. The lowest BCUT2D eigenvalue weighted by atomic mass is 9.75. The summed E-state index contributed by atoms with van der Waals surface area (Å²) in [5.74, 6) is 0.789. The van der Waals surface area contributed by atoms with Gasteiger partial charge in [0.25, 0.3) is 0 Å². The highest BCUT2D eigenvalue weighted by molar-refractivity contribution is 5.79. The largest absolute Gasteiger partial charge is 0.383 e. The van der Waals surface area contributed by atoms with Crippen LogP contribution in [0.25, 0.3) is 0 Å². The fourth-order valence-electron chi connectivity index (χ4n) is 5.23. The number of aliphatic hydroxyl groups is 1. The van der Waals surface area contributed by atoms with E-state index in [2.05, 4.69) is 20.5 Å². The minimum atomic E-state index is -0.789. The number of hydrogen-bond acceptors (Lipinski definition) is 5. The first kappa shape index (κ1) is 18.9. The van der Waals surface area contributed by atoms with Crippen LogP contribution in [0.5, 0.6) is 0 Å². The van der Waals surface area contributed by atoms with Crippen molar-refractivity contribution in [3.63, 3.8) is 0 Å². The van der Waals surface area contributed by atoms with Gasteiger partial charge >= 0.3 is 0 Å². The molecule has 4 fully saturated rings. The van der Waals surface area contributed by atoms with Crippen LogP contribution in [-0.2, 0) is 16.9 Å². The Bertz CT molecular complexity index is 667. The van der Waals surface area contributed by atoms with E-state index in [1.165, 1.54) is 6.42 Å². The van der Waals surface area contributed by atoms with E-state index < -0.39 is 5.60 Å². The van der Waals surface area contributed by atoms with Gasteiger partial charge in [-0.05, 0) is 52.0 Å². The number of piperidine rings is 3. The van der Waals surface area contributed by atoms with Crippen LogP contribution in [0, 0.1) is 11.8 Å². The fourth-order valence-corrected chi connectivity index (χ4v) is 5.23. The predicted octanol–water partition coefficient (Wildman–Crippen LogP) is 1.66. The number of fused-ring (bicyclic) bond motifs is 3. The molecular weight excluding hydrogens is 342 g/mol. The standard InChI is InChI=1S/C20H33N5O2/c1-14(2)21-19(26)17-12-24-9-6-15(17)10-16(24)11-25-13-18(22-23-25)20(27)7-4-3-5-8-20/h13-17,27H,3-12H2,1-2H3,(H,21,26)/t15?,16-,17+/m1/s1. The first-order valence-electron chi connectivity index (χ1n) is 10.6. The SMILES string of the molecule is CC(C)NC(=O)[C@H]1CN2CCC1C[C@@H]2Cn1cc(C2(O)CCCCC2)nn1. The van der Waals surface area contributed by atoms with Gasteiger partial charge in [-0.2, -0.15) is 0 Å². The lowest BCUT2D eigenvalue weighted by Gasteiger charge is -2.49. The summed E-state index contributed by atoms with van der Waals surface area (Å²) >= 11 is 0. The molecule has 27 heavy (non-hydrogen) atoms. The smallest absolute Gasteiger partial charge is 0.224 e. The molecule has 1 aromatic rings. The maximum atomic E-state index is 12.5. The normalized spacial score (nSPS) is 32.6. The van der Waals surface area contributed by atoms with Crippen molar-refractivity contribution >= 4 is 5.91 Å². The van der Waals surface area contributed by atoms with Gasteiger partial charge < -0.3 is 10.4 Å². The van der Waals surface area contributed by atoms with Crippen LogP contribution < -0.4 is 5.32 Å². The average Bonchev–Trinajstić information content (AvgIpc) is 3.12. The summed E-state index contributed by atoms with van der Waals surface area (Å²) in [6.45, 7) is 6.74. The zero-order chi connectivity index (χ0) is 19.0. The summed E-state index contributed by atoms with van der Waals surface area (Å²) in [7, 11) is 0. The first-order valence-corrected chi connectivity index (χ1v) is 10.6. The first-order chi connectivity index (χ1) is 12.9. The third-order valence-electron chi connectivity index (χ3n) is 6.74. The molecule has 2 bridgehead atoms. The van der Waals surface area contributed by atoms with Gasteiger partial charge in [-0.1, -0.05) is 24.5 Å². The lowest BCUT2D eigenvalue weighted by Crippen LogP contribution is -2.58. The van der Waals surface area contributed by atoms with E-state index in [-0.39, 0.29) is 17.9 Å². The lowest BCUT2D eigenvalue weighted by molar-refractivity contribution is -0.133. The van der Waals surface area contributed by atoms with Gasteiger partial charge in [0.05, 0.1) is 18.7 Å². The van der Waals surface area contributed by atoms with Crippen molar-refractivity contribution in [3.05, 3.63) is 11.9 Å². The highest BCUT2D eigenvalue weighted by Crippen LogP contribution is 2.38. The van der Waals surface area contributed by atoms with Crippen LogP contribution in [0.3, 0.4) is 0 Å². The number of carbonyl (C=O) groups is 1. The molecular formula is C20H33N5O2. The number of rotatable bonds is 5. The monoisotopic (exact) mass is 375 g/mol. The topological polar surface area (TPSA) is 83.3 Å². The van der Waals surface area contributed by atoms with Gasteiger partial charge in [-0.3, -0.25) is 14.4 Å². The summed E-state index contributed by atoms with van der Waals surface area (Å²) in [6, 6.07) is 0.602. The van der Waals surface area contributed by atoms with Crippen molar-refractivity contribution in [2.75, 3.05) is 13.1 Å². The van der Waals surface area contributed by atoms with E-state index in [4.69, 9.17) is 0 Å². The van der Waals surface area contributed by atoms with Gasteiger partial charge in [0.1, 0.15) is 11.3 Å². The Morgan fingerprint density at radius 1 is 1.37 bits per heavy atom. The summed E-state index contributed by atoms with van der Waals surface area (Å²) < 4.78 is 1.90. The Kier molecular flexibility index (Phi) is 5.25. The van der Waals surface area contributed by atoms with Crippen molar-refractivity contribution in [3.8, 4) is 0 Å². The highest BCUT2D eigenvalue weighted by atomic mass is 16.3. The zero-order valence-corrected chi connectivity index (χ0v) is 16.6. The average molecular weight is 376 g/mol. The molecule has 2 unspecified atom stereocenters. The molecule has 4 heterocycles. The second kappa shape index (κ2) is 7.51. The van der Waals surface area contributed by atoms with Crippen LogP contribution in [0.1, 0.15) is 64.5 Å². The van der Waals surface area contributed by atoms with E-state index in [1.807, 2.05) is 24.7 Å². The number of hydrogen-bond donors (Lipinski definition) is 2. The highest BCUT2D eigenvalue weighted by Gasteiger charge is 2.43. The molecule has 0 radical (unpaired) electrons. The Balaban J connectivity index is 1.38. The second-order valence-electron chi connectivity index (χ2n) is 9.12. The number of aromatic nitrogens is 3. The van der Waals surface area contributed by atoms with E-state index in [0.29, 0.717) is 12.0 Å². The van der Waals surface area contributed by atoms with Crippen LogP contribution in [-0.4, -0.2) is 56.1 Å². The van der Waals surface area contributed by atoms with E-state index >= 15 is 0 Å². The van der Waals surface area contributed by atoms with Gasteiger partial charge in [0.2, 0.25) is 5.91 Å². The van der Waals surface area contributed by atoms with Gasteiger partial charge in [-0.25, -0.2) is 0 Å². The summed E-state index contributed by atoms with van der Waals surface area (Å²) in [4.78, 5) is 14.9. The number of amides is 1. The van der Waals surface area contributed by atoms with Gasteiger partial charge in [0, 0.05) is 18.6 Å². The van der Waals surface area contributed by atoms with Crippen LogP contribution in [0.4, 0.5) is 0 Å². The summed E-state index contributed by atoms with van der Waals surface area (Å²) in [5.41, 5.74) is -0.0603. The van der Waals surface area contributed by atoms with Crippen LogP contribution >= 0.6 is 0 Å². The Morgan fingerprint density at radius 3 is 2.81 bits per heavy atom. The molecule has 1 aromatic heterocycles. The quantitative estimate of drug-likeness (QED) is 0.818. The minimum absolute atomic E-state index is 0.117. The molecule has 1 saturated carbocycles. The van der Waals surface area contributed by atoms with Crippen molar-refractivity contribution < 1.29 is 9.90 Å². The molecule has 3 saturated heterocycles. The van der Waals surface area contributed by atoms with Gasteiger partial charge in [0.15, 0.2) is 0 Å². The Labute approximate surface area is 161 Å². The molecule has 1 amide bonds. The maximum absolute atomic E-state index is 12.5. The number of nitrogens with zero attached hydrogens (tertiary/aromatic N) is 4. The molecule has 1 aliphatic carbocycles. The molecule has 7 nitrogen and oxygen atoms in total. The number of nitrogens with one attached hydrogen (secondary N) is 1. The van der Waals surface area contributed by atoms with E-state index in [0.717, 1.165) is 63.9 Å². The Hall–Kier alpha value is -1.47. The maximum Gasteiger partial charge on any atom is 0.224 e.